The Morgan fingerprint density at radius 3 is 2.62 bits per heavy atom. The first-order valence-corrected chi connectivity index (χ1v) is 9.10. The van der Waals surface area contributed by atoms with Gasteiger partial charge in [-0.25, -0.2) is 4.79 Å². The molecule has 0 radical (unpaired) electrons. The van der Waals surface area contributed by atoms with Gasteiger partial charge in [0, 0.05) is 21.2 Å². The van der Waals surface area contributed by atoms with Crippen molar-refractivity contribution in [2.75, 3.05) is 11.9 Å². The van der Waals surface area contributed by atoms with Crippen molar-refractivity contribution in [3.8, 4) is 9.75 Å². The maximum absolute atomic E-state index is 11.7. The Bertz CT molecular complexity index is 686. The summed E-state index contributed by atoms with van der Waals surface area (Å²) < 4.78 is 0. The molecule has 3 rings (SSSR count). The molecule has 0 unspecified atom stereocenters. The largest absolute Gasteiger partial charge is 0.337 e. The normalized spacial score (nSPS) is 10.5. The van der Waals surface area contributed by atoms with Crippen molar-refractivity contribution < 1.29 is 4.79 Å². The Hall–Kier alpha value is -1.63. The molecule has 0 spiro atoms. The molecular formula is C15H14N2OS3. The number of rotatable bonds is 5. The average molecular weight is 334 g/mol. The summed E-state index contributed by atoms with van der Waals surface area (Å²) >= 11 is 5.05. The lowest BCUT2D eigenvalue weighted by Crippen LogP contribution is -2.29. The second-order valence-corrected chi connectivity index (χ2v) is 7.42. The summed E-state index contributed by atoms with van der Waals surface area (Å²) in [7, 11) is 0. The minimum Gasteiger partial charge on any atom is -0.337 e. The Kier molecular flexibility index (Phi) is 4.69. The van der Waals surface area contributed by atoms with Crippen LogP contribution in [-0.2, 0) is 6.42 Å². The lowest BCUT2D eigenvalue weighted by atomic mass is 10.3. The lowest BCUT2D eigenvalue weighted by Gasteiger charge is -2.04. The van der Waals surface area contributed by atoms with Gasteiger partial charge in [0.15, 0.2) is 0 Å². The molecule has 3 nitrogen and oxygen atoms in total. The third kappa shape index (κ3) is 3.93. The highest BCUT2D eigenvalue weighted by Gasteiger charge is 2.05. The second-order valence-electron chi connectivity index (χ2n) is 4.35. The van der Waals surface area contributed by atoms with Crippen LogP contribution < -0.4 is 10.6 Å². The number of hydrogen-bond donors (Lipinski definition) is 2. The molecule has 3 aromatic rings. The van der Waals surface area contributed by atoms with E-state index in [4.69, 9.17) is 0 Å². The van der Waals surface area contributed by atoms with Gasteiger partial charge in [-0.1, -0.05) is 6.07 Å². The topological polar surface area (TPSA) is 41.1 Å². The number of anilines is 1. The van der Waals surface area contributed by atoms with Crippen LogP contribution in [0.1, 0.15) is 4.88 Å². The molecule has 0 atom stereocenters. The zero-order valence-electron chi connectivity index (χ0n) is 11.2. The van der Waals surface area contributed by atoms with Crippen molar-refractivity contribution >= 4 is 45.0 Å². The van der Waals surface area contributed by atoms with Gasteiger partial charge < -0.3 is 5.32 Å². The van der Waals surface area contributed by atoms with E-state index >= 15 is 0 Å². The molecule has 0 aliphatic rings. The van der Waals surface area contributed by atoms with Gasteiger partial charge in [0.1, 0.15) is 0 Å². The Labute approximate surface area is 135 Å². The third-order valence-corrected chi connectivity index (χ3v) is 5.84. The SMILES string of the molecule is O=C(NCCc1ccc(-c2cccs2)s1)Nc1cccs1. The molecule has 108 valence electrons. The minimum absolute atomic E-state index is 0.146. The predicted octanol–water partition coefficient (Wildman–Crippen LogP) is 4.90. The molecule has 0 fully saturated rings. The Balaban J connectivity index is 1.46. The van der Waals surface area contributed by atoms with Gasteiger partial charge in [0.2, 0.25) is 0 Å². The van der Waals surface area contributed by atoms with E-state index < -0.39 is 0 Å². The summed E-state index contributed by atoms with van der Waals surface area (Å²) in [5.41, 5.74) is 0. The molecule has 0 aromatic carbocycles. The van der Waals surface area contributed by atoms with Gasteiger partial charge in [0.05, 0.1) is 5.00 Å². The number of carbonyl (C=O) groups is 1. The standard InChI is InChI=1S/C15H14N2OS3/c18-15(17-14-4-2-10-20-14)16-8-7-11-5-6-13(21-11)12-3-1-9-19-12/h1-6,9-10H,7-8H2,(H2,16,17,18). The van der Waals surface area contributed by atoms with Gasteiger partial charge in [-0.2, -0.15) is 0 Å². The molecule has 2 N–H and O–H groups in total. The van der Waals surface area contributed by atoms with Crippen LogP contribution in [0.4, 0.5) is 9.80 Å². The van der Waals surface area contributed by atoms with Crippen molar-refractivity contribution in [2.24, 2.45) is 0 Å². The van der Waals surface area contributed by atoms with E-state index in [1.54, 1.807) is 22.7 Å². The van der Waals surface area contributed by atoms with Crippen molar-refractivity contribution in [1.82, 2.24) is 5.32 Å². The van der Waals surface area contributed by atoms with Gasteiger partial charge in [-0.3, -0.25) is 5.32 Å². The van der Waals surface area contributed by atoms with E-state index in [0.717, 1.165) is 11.4 Å². The van der Waals surface area contributed by atoms with Crippen LogP contribution >= 0.6 is 34.0 Å². The first kappa shape index (κ1) is 14.3. The molecule has 3 heterocycles. The predicted molar refractivity (Wildman–Crippen MR) is 92.7 cm³/mol. The molecule has 21 heavy (non-hydrogen) atoms. The van der Waals surface area contributed by atoms with Gasteiger partial charge in [-0.15, -0.1) is 34.0 Å². The van der Waals surface area contributed by atoms with Crippen LogP contribution in [0.2, 0.25) is 0 Å². The molecule has 0 aliphatic carbocycles. The highest BCUT2D eigenvalue weighted by molar-refractivity contribution is 7.21. The van der Waals surface area contributed by atoms with E-state index in [-0.39, 0.29) is 6.03 Å². The molecular weight excluding hydrogens is 320 g/mol. The average Bonchev–Trinajstić information content (AvgIpc) is 3.21. The van der Waals surface area contributed by atoms with Crippen molar-refractivity contribution in [3.63, 3.8) is 0 Å². The lowest BCUT2D eigenvalue weighted by molar-refractivity contribution is 0.252. The number of carbonyl (C=O) groups excluding carboxylic acids is 1. The summed E-state index contributed by atoms with van der Waals surface area (Å²) in [5.74, 6) is 0. The fraction of sp³-hybridized carbons (Fsp3) is 0.133. The molecule has 0 bridgehead atoms. The Morgan fingerprint density at radius 1 is 1.00 bits per heavy atom. The first-order chi connectivity index (χ1) is 10.3. The molecule has 3 aromatic heterocycles. The number of amides is 2. The Morgan fingerprint density at radius 2 is 1.86 bits per heavy atom. The number of thiophene rings is 3. The van der Waals surface area contributed by atoms with Crippen LogP contribution in [0.15, 0.2) is 47.2 Å². The van der Waals surface area contributed by atoms with Crippen LogP contribution in [0.3, 0.4) is 0 Å². The molecule has 2 amide bonds. The number of hydrogen-bond acceptors (Lipinski definition) is 4. The minimum atomic E-state index is -0.146. The molecule has 0 aliphatic heterocycles. The smallest absolute Gasteiger partial charge is 0.319 e. The van der Waals surface area contributed by atoms with E-state index in [1.165, 1.54) is 26.0 Å². The highest BCUT2D eigenvalue weighted by atomic mass is 32.1. The zero-order valence-corrected chi connectivity index (χ0v) is 13.6. The van der Waals surface area contributed by atoms with E-state index in [2.05, 4.69) is 40.3 Å². The monoisotopic (exact) mass is 334 g/mol. The van der Waals surface area contributed by atoms with E-state index in [9.17, 15) is 4.79 Å². The van der Waals surface area contributed by atoms with Crippen molar-refractivity contribution in [3.05, 3.63) is 52.0 Å². The van der Waals surface area contributed by atoms with Crippen LogP contribution in [0.25, 0.3) is 9.75 Å². The summed E-state index contributed by atoms with van der Waals surface area (Å²) in [5, 5.41) is 10.6. The second kappa shape index (κ2) is 6.89. The quantitative estimate of drug-likeness (QED) is 0.684. The third-order valence-electron chi connectivity index (χ3n) is 2.84. The summed E-state index contributed by atoms with van der Waals surface area (Å²) in [4.78, 5) is 15.6. The van der Waals surface area contributed by atoms with Gasteiger partial charge >= 0.3 is 6.03 Å². The number of nitrogens with one attached hydrogen (secondary N) is 2. The summed E-state index contributed by atoms with van der Waals surface area (Å²) in [6.45, 7) is 0.640. The van der Waals surface area contributed by atoms with Crippen molar-refractivity contribution in [1.29, 1.82) is 0 Å². The van der Waals surface area contributed by atoms with E-state index in [1.807, 2.05) is 17.5 Å². The molecule has 0 saturated heterocycles. The van der Waals surface area contributed by atoms with Crippen LogP contribution in [-0.4, -0.2) is 12.6 Å². The molecule has 0 saturated carbocycles. The van der Waals surface area contributed by atoms with Gasteiger partial charge in [-0.05, 0) is 47.5 Å². The maximum atomic E-state index is 11.7. The van der Waals surface area contributed by atoms with Gasteiger partial charge in [0.25, 0.3) is 0 Å². The molecule has 6 heteroatoms. The highest BCUT2D eigenvalue weighted by Crippen LogP contribution is 2.31. The fourth-order valence-electron chi connectivity index (χ4n) is 1.87. The summed E-state index contributed by atoms with van der Waals surface area (Å²) in [6.07, 6.45) is 0.855. The van der Waals surface area contributed by atoms with E-state index in [0.29, 0.717) is 6.54 Å². The summed E-state index contributed by atoms with van der Waals surface area (Å²) in [6, 6.07) is 12.1. The van der Waals surface area contributed by atoms with Crippen LogP contribution in [0, 0.1) is 0 Å². The fourth-order valence-corrected chi connectivity index (χ4v) is 4.32. The van der Waals surface area contributed by atoms with Crippen LogP contribution in [0.5, 0.6) is 0 Å². The zero-order chi connectivity index (χ0) is 14.5. The number of urea groups is 1. The first-order valence-electron chi connectivity index (χ1n) is 6.52. The maximum Gasteiger partial charge on any atom is 0.319 e. The van der Waals surface area contributed by atoms with Crippen molar-refractivity contribution in [2.45, 2.75) is 6.42 Å².